The summed E-state index contributed by atoms with van der Waals surface area (Å²) in [6.07, 6.45) is 1.81. The fraction of sp³-hybridized carbons (Fsp3) is 0.0714. The fourth-order valence-corrected chi connectivity index (χ4v) is 1.41. The molecule has 2 heteroatoms. The third-order valence-corrected chi connectivity index (χ3v) is 2.34. The van der Waals surface area contributed by atoms with Gasteiger partial charge in [-0.3, -0.25) is 4.99 Å². The highest BCUT2D eigenvalue weighted by Gasteiger charge is 1.95. The largest absolute Gasteiger partial charge is 0.508 e. The highest BCUT2D eigenvalue weighted by Crippen LogP contribution is 2.21. The molecule has 0 aliphatic rings. The van der Waals surface area contributed by atoms with Crippen LogP contribution in [0.15, 0.2) is 53.5 Å². The molecule has 0 amide bonds. The molecule has 0 aromatic heterocycles. The number of benzene rings is 2. The van der Waals surface area contributed by atoms with E-state index in [0.29, 0.717) is 5.75 Å². The summed E-state index contributed by atoms with van der Waals surface area (Å²) >= 11 is 0. The van der Waals surface area contributed by atoms with Crippen molar-refractivity contribution in [2.45, 2.75) is 6.92 Å². The molecule has 0 heterocycles. The minimum Gasteiger partial charge on any atom is -0.508 e. The predicted molar refractivity (Wildman–Crippen MR) is 66.5 cm³/mol. The third-order valence-electron chi connectivity index (χ3n) is 2.34. The molecule has 0 aliphatic heterocycles. The minimum absolute atomic E-state index is 0.304. The summed E-state index contributed by atoms with van der Waals surface area (Å²) in [5.41, 5.74) is 2.75. The molecule has 0 aliphatic carbocycles. The SMILES string of the molecule is Cc1cc(N=Cc2ccccc2)ccc1O. The first-order valence-corrected chi connectivity index (χ1v) is 5.14. The molecule has 16 heavy (non-hydrogen) atoms. The van der Waals surface area contributed by atoms with Gasteiger partial charge in [0.25, 0.3) is 0 Å². The lowest BCUT2D eigenvalue weighted by Crippen LogP contribution is -1.79. The second-order valence-electron chi connectivity index (χ2n) is 3.64. The summed E-state index contributed by atoms with van der Waals surface area (Å²) in [5, 5.41) is 9.38. The molecule has 80 valence electrons. The average molecular weight is 211 g/mol. The lowest BCUT2D eigenvalue weighted by molar-refractivity contribution is 0.471. The summed E-state index contributed by atoms with van der Waals surface area (Å²) in [5.74, 6) is 0.304. The third kappa shape index (κ3) is 2.48. The molecule has 0 unspecified atom stereocenters. The van der Waals surface area contributed by atoms with E-state index in [0.717, 1.165) is 16.8 Å². The number of phenolic OH excluding ortho intramolecular Hbond substituents is 1. The molecular formula is C14H13NO. The van der Waals surface area contributed by atoms with Crippen LogP contribution in [0, 0.1) is 6.92 Å². The van der Waals surface area contributed by atoms with Crippen LogP contribution in [-0.2, 0) is 0 Å². The van der Waals surface area contributed by atoms with Crippen LogP contribution in [-0.4, -0.2) is 11.3 Å². The van der Waals surface area contributed by atoms with E-state index in [1.807, 2.05) is 49.5 Å². The van der Waals surface area contributed by atoms with Crippen molar-refractivity contribution >= 4 is 11.9 Å². The van der Waals surface area contributed by atoms with Crippen molar-refractivity contribution < 1.29 is 5.11 Å². The van der Waals surface area contributed by atoms with Gasteiger partial charge in [-0.1, -0.05) is 30.3 Å². The molecule has 2 aromatic rings. The number of rotatable bonds is 2. The van der Waals surface area contributed by atoms with Gasteiger partial charge < -0.3 is 5.11 Å². The Morgan fingerprint density at radius 1 is 1.06 bits per heavy atom. The first-order chi connectivity index (χ1) is 7.75. The van der Waals surface area contributed by atoms with Gasteiger partial charge in [-0.2, -0.15) is 0 Å². The van der Waals surface area contributed by atoms with Crippen molar-refractivity contribution in [2.75, 3.05) is 0 Å². The Labute approximate surface area is 94.9 Å². The number of hydrogen-bond donors (Lipinski definition) is 1. The molecule has 0 saturated heterocycles. The minimum atomic E-state index is 0.304. The van der Waals surface area contributed by atoms with Crippen LogP contribution >= 0.6 is 0 Å². The number of nitrogens with zero attached hydrogens (tertiary/aromatic N) is 1. The molecule has 0 bridgehead atoms. The summed E-state index contributed by atoms with van der Waals surface area (Å²) in [6, 6.07) is 15.2. The highest BCUT2D eigenvalue weighted by molar-refractivity contribution is 5.81. The highest BCUT2D eigenvalue weighted by atomic mass is 16.3. The lowest BCUT2D eigenvalue weighted by Gasteiger charge is -1.99. The Bertz CT molecular complexity index is 503. The summed E-state index contributed by atoms with van der Waals surface area (Å²) < 4.78 is 0. The molecule has 1 N–H and O–H groups in total. The summed E-state index contributed by atoms with van der Waals surface area (Å²) in [7, 11) is 0. The van der Waals surface area contributed by atoms with E-state index in [1.165, 1.54) is 0 Å². The van der Waals surface area contributed by atoms with Gasteiger partial charge in [0, 0.05) is 6.21 Å². The molecule has 0 fully saturated rings. The number of aryl methyl sites for hydroxylation is 1. The van der Waals surface area contributed by atoms with Gasteiger partial charge in [0.15, 0.2) is 0 Å². The van der Waals surface area contributed by atoms with Gasteiger partial charge in [-0.05, 0) is 36.2 Å². The molecule has 2 rings (SSSR count). The standard InChI is InChI=1S/C14H13NO/c1-11-9-13(7-8-14(11)16)15-10-12-5-3-2-4-6-12/h2-10,16H,1H3. The molecule has 2 aromatic carbocycles. The van der Waals surface area contributed by atoms with Gasteiger partial charge in [0.05, 0.1) is 5.69 Å². The Morgan fingerprint density at radius 2 is 1.81 bits per heavy atom. The van der Waals surface area contributed by atoms with Gasteiger partial charge in [0.2, 0.25) is 0 Å². The maximum absolute atomic E-state index is 9.38. The Morgan fingerprint density at radius 3 is 2.50 bits per heavy atom. The molecule has 2 nitrogen and oxygen atoms in total. The van der Waals surface area contributed by atoms with Gasteiger partial charge in [-0.25, -0.2) is 0 Å². The number of aromatic hydroxyl groups is 1. The predicted octanol–water partition coefficient (Wildman–Crippen LogP) is 3.45. The maximum atomic E-state index is 9.38. The van der Waals surface area contributed by atoms with Crippen molar-refractivity contribution in [3.63, 3.8) is 0 Å². The van der Waals surface area contributed by atoms with Crippen molar-refractivity contribution in [1.82, 2.24) is 0 Å². The van der Waals surface area contributed by atoms with E-state index < -0.39 is 0 Å². The normalized spacial score (nSPS) is 10.8. The molecule has 0 saturated carbocycles. The molecule has 0 spiro atoms. The fourth-order valence-electron chi connectivity index (χ4n) is 1.41. The zero-order valence-corrected chi connectivity index (χ0v) is 9.09. The maximum Gasteiger partial charge on any atom is 0.118 e. The Balaban J connectivity index is 2.21. The van der Waals surface area contributed by atoms with Crippen LogP contribution in [0.1, 0.15) is 11.1 Å². The van der Waals surface area contributed by atoms with Crippen LogP contribution in [0.2, 0.25) is 0 Å². The van der Waals surface area contributed by atoms with Crippen LogP contribution < -0.4 is 0 Å². The van der Waals surface area contributed by atoms with Crippen molar-refractivity contribution in [2.24, 2.45) is 4.99 Å². The van der Waals surface area contributed by atoms with E-state index >= 15 is 0 Å². The Kier molecular flexibility index (Phi) is 3.01. The number of phenols is 1. The zero-order valence-electron chi connectivity index (χ0n) is 9.09. The molecule has 0 radical (unpaired) electrons. The van der Waals surface area contributed by atoms with E-state index in [2.05, 4.69) is 4.99 Å². The van der Waals surface area contributed by atoms with Gasteiger partial charge in [-0.15, -0.1) is 0 Å². The second kappa shape index (κ2) is 4.62. The number of aliphatic imine (C=N–C) groups is 1. The van der Waals surface area contributed by atoms with E-state index in [-0.39, 0.29) is 0 Å². The van der Waals surface area contributed by atoms with Crippen LogP contribution in [0.25, 0.3) is 0 Å². The van der Waals surface area contributed by atoms with Crippen molar-refractivity contribution in [1.29, 1.82) is 0 Å². The Hall–Kier alpha value is -2.09. The second-order valence-corrected chi connectivity index (χ2v) is 3.64. The number of hydrogen-bond acceptors (Lipinski definition) is 2. The van der Waals surface area contributed by atoms with Crippen LogP contribution in [0.5, 0.6) is 5.75 Å². The van der Waals surface area contributed by atoms with E-state index in [9.17, 15) is 5.11 Å². The molecule has 0 atom stereocenters. The summed E-state index contributed by atoms with van der Waals surface area (Å²) in [4.78, 5) is 4.34. The topological polar surface area (TPSA) is 32.6 Å². The molecular weight excluding hydrogens is 198 g/mol. The van der Waals surface area contributed by atoms with Crippen molar-refractivity contribution in [3.05, 3.63) is 59.7 Å². The lowest BCUT2D eigenvalue weighted by atomic mass is 10.2. The average Bonchev–Trinajstić information content (AvgIpc) is 2.32. The first kappa shape index (κ1) is 10.4. The first-order valence-electron chi connectivity index (χ1n) is 5.14. The van der Waals surface area contributed by atoms with Crippen LogP contribution in [0.4, 0.5) is 5.69 Å². The van der Waals surface area contributed by atoms with Crippen molar-refractivity contribution in [3.8, 4) is 5.75 Å². The van der Waals surface area contributed by atoms with E-state index in [4.69, 9.17) is 0 Å². The quantitative estimate of drug-likeness (QED) is 0.758. The smallest absolute Gasteiger partial charge is 0.118 e. The van der Waals surface area contributed by atoms with Gasteiger partial charge >= 0.3 is 0 Å². The zero-order chi connectivity index (χ0) is 11.4. The van der Waals surface area contributed by atoms with Gasteiger partial charge in [0.1, 0.15) is 5.75 Å². The monoisotopic (exact) mass is 211 g/mol. The van der Waals surface area contributed by atoms with E-state index in [1.54, 1.807) is 12.1 Å². The summed E-state index contributed by atoms with van der Waals surface area (Å²) in [6.45, 7) is 1.86. The van der Waals surface area contributed by atoms with Crippen LogP contribution in [0.3, 0.4) is 0 Å².